The second-order valence-electron chi connectivity index (χ2n) is 7.62. The molecule has 2 aromatic rings. The van der Waals surface area contributed by atoms with Crippen LogP contribution in [0.4, 0.5) is 11.4 Å². The van der Waals surface area contributed by atoms with Crippen LogP contribution >= 0.6 is 11.6 Å². The number of hydrogen-bond donors (Lipinski definition) is 2. The lowest BCUT2D eigenvalue weighted by molar-refractivity contribution is 0.0671. The van der Waals surface area contributed by atoms with Gasteiger partial charge in [-0.1, -0.05) is 23.7 Å². The minimum Gasteiger partial charge on any atom is -0.378 e. The Bertz CT molecular complexity index is 999. The normalized spacial score (nSPS) is 19.4. The van der Waals surface area contributed by atoms with Crippen molar-refractivity contribution in [3.05, 3.63) is 58.1 Å². The number of hydrogen-bond acceptors (Lipinski definition) is 7. The number of aryl methyl sites for hydroxylation is 3. The molecule has 0 saturated carbocycles. The predicted octanol–water partition coefficient (Wildman–Crippen LogP) is 3.48. The third-order valence-corrected chi connectivity index (χ3v) is 5.87. The van der Waals surface area contributed by atoms with Gasteiger partial charge < -0.3 is 20.7 Å². The summed E-state index contributed by atoms with van der Waals surface area (Å²) in [6, 6.07) is 12.2. The molecule has 0 aliphatic carbocycles. The number of benzene rings is 2. The molecule has 0 radical (unpaired) electrons. The van der Waals surface area contributed by atoms with Crippen molar-refractivity contribution in [3.63, 3.8) is 0 Å². The van der Waals surface area contributed by atoms with E-state index in [-0.39, 0.29) is 5.96 Å². The fourth-order valence-electron chi connectivity index (χ4n) is 3.52. The Kier molecular flexibility index (Phi) is 5.83. The van der Waals surface area contributed by atoms with Crippen LogP contribution in [-0.2, 0) is 4.74 Å². The highest BCUT2D eigenvalue weighted by Crippen LogP contribution is 2.27. The fourth-order valence-corrected chi connectivity index (χ4v) is 3.71. The lowest BCUT2D eigenvalue weighted by Gasteiger charge is -2.41. The molecule has 158 valence electrons. The van der Waals surface area contributed by atoms with Crippen LogP contribution in [-0.4, -0.2) is 49.4 Å². The number of aliphatic imine (C=N–C) groups is 2. The summed E-state index contributed by atoms with van der Waals surface area (Å²) in [5.41, 5.74) is 11.5. The highest BCUT2D eigenvalue weighted by Gasteiger charge is 2.32. The molecule has 2 heterocycles. The predicted molar refractivity (Wildman–Crippen MR) is 123 cm³/mol. The van der Waals surface area contributed by atoms with Gasteiger partial charge in [-0.2, -0.15) is 4.99 Å². The molecule has 4 rings (SSSR count). The second kappa shape index (κ2) is 8.53. The van der Waals surface area contributed by atoms with Gasteiger partial charge in [0.25, 0.3) is 0 Å². The van der Waals surface area contributed by atoms with Gasteiger partial charge >= 0.3 is 0 Å². The van der Waals surface area contributed by atoms with E-state index in [2.05, 4.69) is 57.1 Å². The van der Waals surface area contributed by atoms with Crippen molar-refractivity contribution >= 4 is 34.9 Å². The molecule has 2 aromatic carbocycles. The van der Waals surface area contributed by atoms with Gasteiger partial charge in [0.15, 0.2) is 0 Å². The number of ether oxygens (including phenoxy) is 1. The van der Waals surface area contributed by atoms with Gasteiger partial charge in [0.2, 0.25) is 18.2 Å². The van der Waals surface area contributed by atoms with Crippen molar-refractivity contribution in [2.75, 3.05) is 36.5 Å². The second-order valence-corrected chi connectivity index (χ2v) is 8.03. The number of guanidine groups is 2. The van der Waals surface area contributed by atoms with Crippen LogP contribution in [0.25, 0.3) is 0 Å². The molecule has 7 nitrogen and oxygen atoms in total. The van der Waals surface area contributed by atoms with Crippen molar-refractivity contribution in [1.82, 2.24) is 4.90 Å². The van der Waals surface area contributed by atoms with Crippen molar-refractivity contribution < 1.29 is 4.74 Å². The number of nitrogens with zero attached hydrogens (tertiary/aromatic N) is 4. The molecule has 1 atom stereocenters. The van der Waals surface area contributed by atoms with E-state index in [1.165, 1.54) is 11.1 Å². The molecular weight excluding hydrogens is 400 g/mol. The average Bonchev–Trinajstić information content (AvgIpc) is 2.73. The van der Waals surface area contributed by atoms with Crippen LogP contribution in [0, 0.1) is 20.8 Å². The van der Waals surface area contributed by atoms with E-state index in [4.69, 9.17) is 22.1 Å². The van der Waals surface area contributed by atoms with Crippen molar-refractivity contribution in [2.45, 2.75) is 27.1 Å². The van der Waals surface area contributed by atoms with Gasteiger partial charge in [0.05, 0.1) is 13.2 Å². The van der Waals surface area contributed by atoms with Crippen LogP contribution in [0.1, 0.15) is 16.7 Å². The molecule has 8 heteroatoms. The first-order chi connectivity index (χ1) is 14.4. The zero-order chi connectivity index (χ0) is 21.3. The maximum absolute atomic E-state index is 6.34. The smallest absolute Gasteiger partial charge is 0.222 e. The molecule has 0 aromatic heterocycles. The Balaban J connectivity index is 1.74. The Morgan fingerprint density at radius 2 is 1.77 bits per heavy atom. The Morgan fingerprint density at radius 3 is 2.47 bits per heavy atom. The van der Waals surface area contributed by atoms with E-state index in [1.54, 1.807) is 0 Å². The van der Waals surface area contributed by atoms with E-state index < -0.39 is 6.29 Å². The van der Waals surface area contributed by atoms with Crippen LogP contribution in [0.3, 0.4) is 0 Å². The molecule has 2 aliphatic rings. The highest BCUT2D eigenvalue weighted by molar-refractivity contribution is 6.31. The van der Waals surface area contributed by atoms with E-state index in [1.807, 2.05) is 25.1 Å². The van der Waals surface area contributed by atoms with Crippen LogP contribution in [0.15, 0.2) is 46.4 Å². The number of anilines is 2. The average molecular weight is 427 g/mol. The molecule has 0 spiro atoms. The summed E-state index contributed by atoms with van der Waals surface area (Å²) >= 11 is 6.34. The zero-order valence-electron chi connectivity index (χ0n) is 17.5. The monoisotopic (exact) mass is 426 g/mol. The summed E-state index contributed by atoms with van der Waals surface area (Å²) in [7, 11) is 0. The molecule has 1 fully saturated rings. The Morgan fingerprint density at radius 1 is 1.03 bits per heavy atom. The van der Waals surface area contributed by atoms with Gasteiger partial charge in [-0.15, -0.1) is 0 Å². The first-order valence-electron chi connectivity index (χ1n) is 10.1. The summed E-state index contributed by atoms with van der Waals surface area (Å²) in [4.78, 5) is 13.5. The highest BCUT2D eigenvalue weighted by atomic mass is 35.5. The fraction of sp³-hybridized carbons (Fsp3) is 0.364. The molecule has 0 amide bonds. The molecule has 1 saturated heterocycles. The van der Waals surface area contributed by atoms with Gasteiger partial charge in [-0.05, 0) is 61.7 Å². The largest absolute Gasteiger partial charge is 0.378 e. The number of halogens is 1. The maximum Gasteiger partial charge on any atom is 0.222 e. The number of rotatable bonds is 3. The van der Waals surface area contributed by atoms with E-state index >= 15 is 0 Å². The summed E-state index contributed by atoms with van der Waals surface area (Å²) < 4.78 is 5.53. The molecule has 2 aliphatic heterocycles. The quantitative estimate of drug-likeness (QED) is 0.785. The van der Waals surface area contributed by atoms with E-state index in [0.29, 0.717) is 18.2 Å². The molecule has 1 unspecified atom stereocenters. The van der Waals surface area contributed by atoms with Crippen molar-refractivity contribution in [1.29, 1.82) is 0 Å². The molecule has 30 heavy (non-hydrogen) atoms. The third kappa shape index (κ3) is 4.22. The van der Waals surface area contributed by atoms with Crippen molar-refractivity contribution in [3.8, 4) is 0 Å². The third-order valence-electron chi connectivity index (χ3n) is 5.46. The molecule has 0 bridgehead atoms. The first kappa shape index (κ1) is 20.5. The zero-order valence-corrected chi connectivity index (χ0v) is 18.3. The summed E-state index contributed by atoms with van der Waals surface area (Å²) in [6.07, 6.45) is -0.457. The molecular formula is C22H27ClN6O. The SMILES string of the molecule is Cc1ccc(N2C(N3CCOCC3)=NC(N)=NC2Nc2ccc(C)c(Cl)c2)cc1C. The van der Waals surface area contributed by atoms with Crippen molar-refractivity contribution in [2.24, 2.45) is 15.7 Å². The lowest BCUT2D eigenvalue weighted by atomic mass is 10.1. The Hall–Kier alpha value is -2.77. The minimum atomic E-state index is -0.457. The van der Waals surface area contributed by atoms with Gasteiger partial charge in [0.1, 0.15) is 0 Å². The summed E-state index contributed by atoms with van der Waals surface area (Å²) in [6.45, 7) is 8.99. The van der Waals surface area contributed by atoms with Gasteiger partial charge in [-0.25, -0.2) is 4.99 Å². The van der Waals surface area contributed by atoms with E-state index in [9.17, 15) is 0 Å². The number of nitrogens with two attached hydrogens (primary N) is 1. The van der Waals surface area contributed by atoms with Crippen LogP contribution in [0.2, 0.25) is 5.02 Å². The maximum atomic E-state index is 6.34. The van der Waals surface area contributed by atoms with Gasteiger partial charge in [0, 0.05) is 29.5 Å². The molecule has 3 N–H and O–H groups in total. The summed E-state index contributed by atoms with van der Waals surface area (Å²) in [5, 5.41) is 4.17. The number of nitrogens with one attached hydrogen (secondary N) is 1. The van der Waals surface area contributed by atoms with Crippen LogP contribution < -0.4 is 16.0 Å². The lowest BCUT2D eigenvalue weighted by Crippen LogP contribution is -2.57. The minimum absolute atomic E-state index is 0.243. The first-order valence-corrected chi connectivity index (χ1v) is 10.4. The summed E-state index contributed by atoms with van der Waals surface area (Å²) in [5.74, 6) is 1.01. The van der Waals surface area contributed by atoms with E-state index in [0.717, 1.165) is 36.0 Å². The van der Waals surface area contributed by atoms with Crippen LogP contribution in [0.5, 0.6) is 0 Å². The standard InChI is InChI=1S/C22H27ClN6O/c1-14-5-7-18(12-16(14)3)29-21(25-17-6-4-15(2)19(23)13-17)26-20(24)27-22(29)28-8-10-30-11-9-28/h4-7,12-13,21,25H,8-11H2,1-3H3,(H2,24,26). The van der Waals surface area contributed by atoms with Gasteiger partial charge in [-0.3, -0.25) is 4.90 Å². The Labute approximate surface area is 182 Å². The topological polar surface area (TPSA) is 78.5 Å². The number of morpholine rings is 1.